The minimum atomic E-state index is -0.0124. The van der Waals surface area contributed by atoms with Crippen molar-refractivity contribution in [3.8, 4) is 11.5 Å². The van der Waals surface area contributed by atoms with Crippen molar-refractivity contribution in [1.29, 1.82) is 5.41 Å². The fraction of sp³-hybridized carbons (Fsp3) is 0.133. The van der Waals surface area contributed by atoms with E-state index >= 15 is 0 Å². The SMILES string of the molecule is Cc1ccc(C(=N)N)c(Oc2ccc(Cl)cc2C)c1. The third kappa shape index (κ3) is 3.06. The van der Waals surface area contributed by atoms with Crippen molar-refractivity contribution in [1.82, 2.24) is 0 Å². The molecule has 0 saturated carbocycles. The van der Waals surface area contributed by atoms with Crippen LogP contribution in [-0.4, -0.2) is 5.84 Å². The van der Waals surface area contributed by atoms with Gasteiger partial charge in [-0.1, -0.05) is 17.7 Å². The summed E-state index contributed by atoms with van der Waals surface area (Å²) in [5.74, 6) is 1.28. The van der Waals surface area contributed by atoms with Crippen LogP contribution in [0.15, 0.2) is 36.4 Å². The van der Waals surface area contributed by atoms with Gasteiger partial charge in [0.15, 0.2) is 0 Å². The van der Waals surface area contributed by atoms with Crippen molar-refractivity contribution in [2.45, 2.75) is 13.8 Å². The first-order valence-electron chi connectivity index (χ1n) is 5.86. The Morgan fingerprint density at radius 3 is 2.47 bits per heavy atom. The van der Waals surface area contributed by atoms with E-state index in [1.807, 2.05) is 38.1 Å². The van der Waals surface area contributed by atoms with Crippen LogP contribution in [0.1, 0.15) is 16.7 Å². The van der Waals surface area contributed by atoms with E-state index in [1.54, 1.807) is 12.1 Å². The van der Waals surface area contributed by atoms with Gasteiger partial charge in [0.2, 0.25) is 0 Å². The zero-order valence-electron chi connectivity index (χ0n) is 10.8. The van der Waals surface area contributed by atoms with Crippen molar-refractivity contribution < 1.29 is 4.74 Å². The van der Waals surface area contributed by atoms with E-state index < -0.39 is 0 Å². The van der Waals surface area contributed by atoms with Gasteiger partial charge >= 0.3 is 0 Å². The quantitative estimate of drug-likeness (QED) is 0.656. The zero-order valence-corrected chi connectivity index (χ0v) is 11.6. The Balaban J connectivity index is 2.42. The Labute approximate surface area is 117 Å². The van der Waals surface area contributed by atoms with Gasteiger partial charge in [-0.05, 0) is 55.3 Å². The van der Waals surface area contributed by atoms with Crippen molar-refractivity contribution in [3.63, 3.8) is 0 Å². The van der Waals surface area contributed by atoms with Gasteiger partial charge < -0.3 is 10.5 Å². The van der Waals surface area contributed by atoms with Gasteiger partial charge in [0, 0.05) is 5.02 Å². The van der Waals surface area contributed by atoms with E-state index in [1.165, 1.54) is 0 Å². The molecule has 0 spiro atoms. The van der Waals surface area contributed by atoms with Crippen LogP contribution in [0.4, 0.5) is 0 Å². The summed E-state index contributed by atoms with van der Waals surface area (Å²) < 4.78 is 5.86. The molecule has 0 fully saturated rings. The van der Waals surface area contributed by atoms with Crippen LogP contribution in [0, 0.1) is 19.3 Å². The third-order valence-electron chi connectivity index (χ3n) is 2.78. The number of ether oxygens (including phenoxy) is 1. The predicted molar refractivity (Wildman–Crippen MR) is 78.5 cm³/mol. The van der Waals surface area contributed by atoms with Crippen LogP contribution in [0.2, 0.25) is 5.02 Å². The average molecular weight is 275 g/mol. The number of nitrogen functional groups attached to an aromatic ring is 1. The fourth-order valence-corrected chi connectivity index (χ4v) is 2.01. The van der Waals surface area contributed by atoms with E-state index in [9.17, 15) is 0 Å². The summed E-state index contributed by atoms with van der Waals surface area (Å²) in [7, 11) is 0. The normalized spacial score (nSPS) is 10.3. The first-order chi connectivity index (χ1) is 8.97. The molecule has 0 aliphatic heterocycles. The number of nitrogens with two attached hydrogens (primary N) is 1. The number of rotatable bonds is 3. The summed E-state index contributed by atoms with van der Waals surface area (Å²) in [6.07, 6.45) is 0. The molecule has 0 radical (unpaired) electrons. The van der Waals surface area contributed by atoms with Crippen LogP contribution < -0.4 is 10.5 Å². The molecular formula is C15H15ClN2O. The molecule has 3 nitrogen and oxygen atoms in total. The van der Waals surface area contributed by atoms with Gasteiger partial charge in [-0.3, -0.25) is 5.41 Å². The first kappa shape index (κ1) is 13.4. The fourth-order valence-electron chi connectivity index (χ4n) is 1.78. The monoisotopic (exact) mass is 274 g/mol. The lowest BCUT2D eigenvalue weighted by molar-refractivity contribution is 0.477. The van der Waals surface area contributed by atoms with Crippen molar-refractivity contribution in [2.24, 2.45) is 5.73 Å². The molecule has 0 aromatic heterocycles. The predicted octanol–water partition coefficient (Wildman–Crippen LogP) is 4.03. The van der Waals surface area contributed by atoms with Gasteiger partial charge in [-0.25, -0.2) is 0 Å². The maximum atomic E-state index is 7.58. The highest BCUT2D eigenvalue weighted by molar-refractivity contribution is 6.30. The van der Waals surface area contributed by atoms with Crippen LogP contribution in [0.3, 0.4) is 0 Å². The Hall–Kier alpha value is -2.00. The van der Waals surface area contributed by atoms with Crippen molar-refractivity contribution in [2.75, 3.05) is 0 Å². The Morgan fingerprint density at radius 1 is 1.11 bits per heavy atom. The minimum absolute atomic E-state index is 0.0124. The van der Waals surface area contributed by atoms with Crippen molar-refractivity contribution >= 4 is 17.4 Å². The first-order valence-corrected chi connectivity index (χ1v) is 6.24. The number of nitrogens with one attached hydrogen (secondary N) is 1. The van der Waals surface area contributed by atoms with E-state index in [0.29, 0.717) is 22.1 Å². The summed E-state index contributed by atoms with van der Waals surface area (Å²) in [5.41, 5.74) is 8.13. The second-order valence-electron chi connectivity index (χ2n) is 4.43. The van der Waals surface area contributed by atoms with Gasteiger partial charge in [0.1, 0.15) is 17.3 Å². The molecule has 98 valence electrons. The molecule has 0 atom stereocenters. The summed E-state index contributed by atoms with van der Waals surface area (Å²) >= 11 is 5.92. The highest BCUT2D eigenvalue weighted by Gasteiger charge is 2.09. The largest absolute Gasteiger partial charge is 0.456 e. The van der Waals surface area contributed by atoms with Crippen molar-refractivity contribution in [3.05, 3.63) is 58.1 Å². The number of amidine groups is 1. The molecule has 0 aliphatic carbocycles. The van der Waals surface area contributed by atoms with Crippen LogP contribution in [0.5, 0.6) is 11.5 Å². The van der Waals surface area contributed by atoms with E-state index in [4.69, 9.17) is 27.5 Å². The van der Waals surface area contributed by atoms with E-state index in [-0.39, 0.29) is 5.84 Å². The maximum absolute atomic E-state index is 7.58. The lowest BCUT2D eigenvalue weighted by Crippen LogP contribution is -2.12. The molecule has 0 saturated heterocycles. The van der Waals surface area contributed by atoms with Gasteiger partial charge in [-0.2, -0.15) is 0 Å². The Bertz CT molecular complexity index is 638. The molecule has 3 N–H and O–H groups in total. The average Bonchev–Trinajstić information content (AvgIpc) is 2.32. The lowest BCUT2D eigenvalue weighted by atomic mass is 10.1. The third-order valence-corrected chi connectivity index (χ3v) is 3.02. The zero-order chi connectivity index (χ0) is 14.0. The van der Waals surface area contributed by atoms with Gasteiger partial charge in [0.05, 0.1) is 5.56 Å². The Morgan fingerprint density at radius 2 is 1.84 bits per heavy atom. The number of hydrogen-bond acceptors (Lipinski definition) is 2. The summed E-state index contributed by atoms with van der Waals surface area (Å²) in [4.78, 5) is 0. The molecule has 4 heteroatoms. The van der Waals surface area contributed by atoms with E-state index in [0.717, 1.165) is 11.1 Å². The summed E-state index contributed by atoms with van der Waals surface area (Å²) in [6, 6.07) is 11.0. The molecule has 2 aromatic carbocycles. The second-order valence-corrected chi connectivity index (χ2v) is 4.86. The molecule has 0 unspecified atom stereocenters. The summed E-state index contributed by atoms with van der Waals surface area (Å²) in [6.45, 7) is 3.88. The second kappa shape index (κ2) is 5.33. The van der Waals surface area contributed by atoms with Gasteiger partial charge in [-0.15, -0.1) is 0 Å². The molecule has 2 aromatic rings. The molecule has 0 bridgehead atoms. The highest BCUT2D eigenvalue weighted by atomic mass is 35.5. The van der Waals surface area contributed by atoms with Crippen LogP contribution in [-0.2, 0) is 0 Å². The molecule has 0 amide bonds. The minimum Gasteiger partial charge on any atom is -0.456 e. The van der Waals surface area contributed by atoms with Gasteiger partial charge in [0.25, 0.3) is 0 Å². The number of halogens is 1. The van der Waals surface area contributed by atoms with E-state index in [2.05, 4.69) is 0 Å². The Kier molecular flexibility index (Phi) is 3.76. The molecule has 0 heterocycles. The topological polar surface area (TPSA) is 59.1 Å². The standard InChI is InChI=1S/C15H15ClN2O/c1-9-3-5-12(15(17)18)14(7-9)19-13-6-4-11(16)8-10(13)2/h3-8H,1-2H3,(H3,17,18). The molecule has 0 aliphatic rings. The number of benzene rings is 2. The maximum Gasteiger partial charge on any atom is 0.138 e. The highest BCUT2D eigenvalue weighted by Crippen LogP contribution is 2.30. The molecule has 2 rings (SSSR count). The number of aryl methyl sites for hydroxylation is 2. The number of hydrogen-bond donors (Lipinski definition) is 2. The lowest BCUT2D eigenvalue weighted by Gasteiger charge is -2.13. The summed E-state index contributed by atoms with van der Waals surface area (Å²) in [5, 5.41) is 8.24. The van der Waals surface area contributed by atoms with Crippen LogP contribution in [0.25, 0.3) is 0 Å². The molecule has 19 heavy (non-hydrogen) atoms. The smallest absolute Gasteiger partial charge is 0.138 e. The van der Waals surface area contributed by atoms with Crippen LogP contribution >= 0.6 is 11.6 Å². The molecular weight excluding hydrogens is 260 g/mol.